The molecule has 0 aliphatic carbocycles. The number of nitrogens with zero attached hydrogens (tertiary/aromatic N) is 6. The number of anilines is 2. The van der Waals surface area contributed by atoms with E-state index in [1.807, 2.05) is 27.8 Å². The van der Waals surface area contributed by atoms with Crippen LogP contribution in [0.4, 0.5) is 19.0 Å². The monoisotopic (exact) mass is 1040 g/mol. The largest absolute Gasteiger partial charge is 0.345 e. The fourth-order valence-corrected chi connectivity index (χ4v) is 13.4. The maximum absolute atomic E-state index is 13.4. The van der Waals surface area contributed by atoms with Gasteiger partial charge < -0.3 is 9.80 Å². The Balaban J connectivity index is 0.000000186. The normalized spacial score (nSPS) is 15.4. The number of rotatable bonds is 10. The Morgan fingerprint density at radius 2 is 0.887 bits per heavy atom. The summed E-state index contributed by atoms with van der Waals surface area (Å²) in [5, 5.41) is 7.62. The Labute approximate surface area is 396 Å². The number of hydrogen-bond acceptors (Lipinski definition) is 10. The lowest BCUT2D eigenvalue weighted by Gasteiger charge is -2.33. The van der Waals surface area contributed by atoms with Gasteiger partial charge in [0.25, 0.3) is 0 Å². The highest BCUT2D eigenvalue weighted by atomic mass is 35.5. The van der Waals surface area contributed by atoms with E-state index in [1.165, 1.54) is 79.8 Å². The van der Waals surface area contributed by atoms with Crippen LogP contribution in [-0.4, -0.2) is 87.8 Å². The number of thiazole rings is 2. The van der Waals surface area contributed by atoms with Gasteiger partial charge >= 0.3 is 0 Å². The standard InChI is InChI=1S/C20H17Cl4N3O2S2.C20H17Cl2F2N3O2S2/c21-14-1-2-19(18(24)11-14)31(28,29)27-5-3-26(4-6-27)20-25-17(12-30-20)9-13-7-15(22)10-16(23)8-13;21-14-1-2-19(18(22)10-14)31(28,29)27-5-3-26(4-6-27)20-25-17(12-30-20)9-13-7-15(23)11-16(24)8-13/h2*1-2,7-8,10-12H,3-6,9H2. The van der Waals surface area contributed by atoms with Crippen LogP contribution in [0.2, 0.25) is 30.1 Å². The first-order valence-corrected chi connectivity index (χ1v) is 25.5. The van der Waals surface area contributed by atoms with Gasteiger partial charge in [-0.15, -0.1) is 22.7 Å². The Hall–Kier alpha value is -2.84. The molecule has 0 bridgehead atoms. The van der Waals surface area contributed by atoms with Crippen LogP contribution in [0.25, 0.3) is 0 Å². The molecule has 0 amide bonds. The molecule has 2 aromatic heterocycles. The summed E-state index contributed by atoms with van der Waals surface area (Å²) in [6.07, 6.45) is 0.939. The molecule has 328 valence electrons. The summed E-state index contributed by atoms with van der Waals surface area (Å²) in [6, 6.07) is 17.6. The second kappa shape index (κ2) is 20.1. The lowest BCUT2D eigenvalue weighted by Crippen LogP contribution is -2.48. The molecule has 0 saturated carbocycles. The van der Waals surface area contributed by atoms with Crippen molar-refractivity contribution >= 4 is 123 Å². The number of hydrogen-bond donors (Lipinski definition) is 0. The molecule has 0 atom stereocenters. The first kappa shape index (κ1) is 47.1. The minimum atomic E-state index is -3.73. The highest BCUT2D eigenvalue weighted by Crippen LogP contribution is 2.32. The molecule has 22 heteroatoms. The third-order valence-corrected chi connectivity index (χ3v) is 17.3. The summed E-state index contributed by atoms with van der Waals surface area (Å²) in [7, 11) is -7.42. The number of sulfonamides is 2. The molecule has 62 heavy (non-hydrogen) atoms. The minimum absolute atomic E-state index is 0.0332. The van der Waals surface area contributed by atoms with E-state index in [1.54, 1.807) is 6.07 Å². The van der Waals surface area contributed by atoms with E-state index in [0.29, 0.717) is 83.5 Å². The topological polar surface area (TPSA) is 107 Å². The van der Waals surface area contributed by atoms with Crippen LogP contribution in [0.1, 0.15) is 22.5 Å². The summed E-state index contributed by atoms with van der Waals surface area (Å²) < 4.78 is 81.4. The van der Waals surface area contributed by atoms with E-state index in [2.05, 4.69) is 9.88 Å². The quantitative estimate of drug-likeness (QED) is 0.134. The van der Waals surface area contributed by atoms with Gasteiger partial charge in [-0.2, -0.15) is 8.61 Å². The van der Waals surface area contributed by atoms with E-state index in [-0.39, 0.29) is 32.9 Å². The Morgan fingerprint density at radius 3 is 1.27 bits per heavy atom. The van der Waals surface area contributed by atoms with Gasteiger partial charge in [0.2, 0.25) is 20.0 Å². The first-order chi connectivity index (χ1) is 29.4. The predicted molar refractivity (Wildman–Crippen MR) is 248 cm³/mol. The number of aromatic nitrogens is 2. The zero-order valence-electron chi connectivity index (χ0n) is 32.1. The van der Waals surface area contributed by atoms with Crippen LogP contribution in [0.15, 0.2) is 93.3 Å². The third kappa shape index (κ3) is 11.5. The van der Waals surface area contributed by atoms with Crippen molar-refractivity contribution in [2.75, 3.05) is 62.2 Å². The highest BCUT2D eigenvalue weighted by Gasteiger charge is 2.32. The fourth-order valence-electron chi connectivity index (χ4n) is 6.78. The van der Waals surface area contributed by atoms with Crippen LogP contribution < -0.4 is 9.80 Å². The second-order valence-electron chi connectivity index (χ2n) is 14.1. The highest BCUT2D eigenvalue weighted by molar-refractivity contribution is 7.89. The average Bonchev–Trinajstić information content (AvgIpc) is 3.87. The summed E-state index contributed by atoms with van der Waals surface area (Å²) in [5.41, 5.74) is 3.12. The molecule has 10 nitrogen and oxygen atoms in total. The van der Waals surface area contributed by atoms with Crippen LogP contribution >= 0.6 is 92.3 Å². The second-order valence-corrected chi connectivity index (χ2v) is 22.1. The lowest BCUT2D eigenvalue weighted by molar-refractivity contribution is 0.384. The maximum Gasteiger partial charge on any atom is 0.244 e. The van der Waals surface area contributed by atoms with Gasteiger partial charge in [-0.05, 0) is 77.9 Å². The van der Waals surface area contributed by atoms with E-state index in [4.69, 9.17) is 74.6 Å². The molecule has 6 aromatic rings. The van der Waals surface area contributed by atoms with E-state index >= 15 is 0 Å². The van der Waals surface area contributed by atoms with Crippen LogP contribution in [0.5, 0.6) is 0 Å². The van der Waals surface area contributed by atoms with Crippen molar-refractivity contribution in [3.8, 4) is 0 Å². The summed E-state index contributed by atoms with van der Waals surface area (Å²) in [6.45, 7) is 3.27. The number of halogens is 8. The van der Waals surface area contributed by atoms with Crippen LogP contribution in [0, 0.1) is 11.6 Å². The van der Waals surface area contributed by atoms with E-state index < -0.39 is 31.7 Å². The van der Waals surface area contributed by atoms with Crippen molar-refractivity contribution in [2.24, 2.45) is 0 Å². The SMILES string of the molecule is O=S(=O)(c1ccc(Cl)cc1Cl)N1CCN(c2nc(Cc3cc(Cl)cc(Cl)c3)cs2)CC1.O=S(=O)(c1ccc(Cl)cc1Cl)N1CCN(c2nc(Cc3cc(F)cc(F)c3)cs2)CC1. The minimum Gasteiger partial charge on any atom is -0.345 e. The molecular weight excluding hydrogens is 1010 g/mol. The Morgan fingerprint density at radius 1 is 0.500 bits per heavy atom. The number of piperazine rings is 2. The molecule has 8 rings (SSSR count). The summed E-state index contributed by atoms with van der Waals surface area (Å²) in [4.78, 5) is 13.5. The van der Waals surface area contributed by atoms with Gasteiger partial charge in [0.15, 0.2) is 10.3 Å². The molecule has 4 aromatic carbocycles. The average molecular weight is 1040 g/mol. The van der Waals surface area contributed by atoms with Gasteiger partial charge in [-0.25, -0.2) is 35.6 Å². The van der Waals surface area contributed by atoms with Crippen LogP contribution in [0.3, 0.4) is 0 Å². The lowest BCUT2D eigenvalue weighted by atomic mass is 10.1. The molecular formula is C40H34Cl6F2N6O4S4. The van der Waals surface area contributed by atoms with Crippen molar-refractivity contribution < 1.29 is 25.6 Å². The Bertz CT molecular complexity index is 2570. The van der Waals surface area contributed by atoms with Gasteiger partial charge in [0, 0.05) is 102 Å². The van der Waals surface area contributed by atoms with Crippen molar-refractivity contribution in [1.82, 2.24) is 18.6 Å². The Kier molecular flexibility index (Phi) is 15.3. The van der Waals surface area contributed by atoms with Crippen molar-refractivity contribution in [1.29, 1.82) is 0 Å². The van der Waals surface area contributed by atoms with Gasteiger partial charge in [-0.3, -0.25) is 0 Å². The predicted octanol–water partition coefficient (Wildman–Crippen LogP) is 10.7. The fraction of sp³-hybridized carbons (Fsp3) is 0.250. The van der Waals surface area contributed by atoms with Crippen molar-refractivity contribution in [2.45, 2.75) is 22.6 Å². The molecule has 2 aliphatic heterocycles. The molecule has 0 unspecified atom stereocenters. The molecule has 0 radical (unpaired) electrons. The smallest absolute Gasteiger partial charge is 0.244 e. The van der Waals surface area contributed by atoms with Crippen molar-refractivity contribution in [3.63, 3.8) is 0 Å². The maximum atomic E-state index is 13.4. The van der Waals surface area contributed by atoms with Gasteiger partial charge in [-0.1, -0.05) is 69.6 Å². The molecule has 2 aliphatic rings. The third-order valence-electron chi connectivity index (χ3n) is 9.74. The summed E-state index contributed by atoms with van der Waals surface area (Å²) >= 11 is 39.1. The zero-order valence-corrected chi connectivity index (χ0v) is 39.9. The zero-order chi connectivity index (χ0) is 44.3. The molecule has 4 heterocycles. The van der Waals surface area contributed by atoms with Crippen molar-refractivity contribution in [3.05, 3.63) is 148 Å². The van der Waals surface area contributed by atoms with E-state index in [9.17, 15) is 25.6 Å². The molecule has 0 N–H and O–H groups in total. The number of benzene rings is 4. The first-order valence-electron chi connectivity index (χ1n) is 18.6. The molecule has 2 fully saturated rings. The summed E-state index contributed by atoms with van der Waals surface area (Å²) in [5.74, 6) is -1.24. The van der Waals surface area contributed by atoms with Crippen LogP contribution in [-0.2, 0) is 32.9 Å². The van der Waals surface area contributed by atoms with E-state index in [0.717, 1.165) is 27.6 Å². The molecule has 2 saturated heterocycles. The molecule has 0 spiro atoms. The van der Waals surface area contributed by atoms with Gasteiger partial charge in [0.05, 0.1) is 21.4 Å². The van der Waals surface area contributed by atoms with Gasteiger partial charge in [0.1, 0.15) is 21.4 Å².